The van der Waals surface area contributed by atoms with Gasteiger partial charge in [0.05, 0.1) is 37.8 Å². The molecular weight excluding hydrogens is 542 g/mol. The number of carbonyl (C=O) groups is 1. The zero-order chi connectivity index (χ0) is 30.6. The number of nitrogens with zero attached hydrogens (tertiary/aromatic N) is 2. The summed E-state index contributed by atoms with van der Waals surface area (Å²) in [7, 11) is 3.21. The molecule has 0 saturated heterocycles. The highest BCUT2D eigenvalue weighted by atomic mass is 16.5. The number of benzene rings is 3. The highest BCUT2D eigenvalue weighted by Crippen LogP contribution is 2.32. The Morgan fingerprint density at radius 3 is 2.28 bits per heavy atom. The number of methoxy groups -OCH3 is 2. The largest absolute Gasteiger partial charge is 0.493 e. The van der Waals surface area contributed by atoms with Crippen molar-refractivity contribution in [3.8, 4) is 17.2 Å². The first-order valence-electron chi connectivity index (χ1n) is 14.1. The molecule has 0 saturated carbocycles. The fourth-order valence-electron chi connectivity index (χ4n) is 5.08. The van der Waals surface area contributed by atoms with Crippen molar-refractivity contribution in [2.75, 3.05) is 19.5 Å². The maximum atomic E-state index is 13.1. The molecule has 1 N–H and O–H groups in total. The van der Waals surface area contributed by atoms with Crippen LogP contribution in [0.4, 0.5) is 5.69 Å². The molecule has 8 nitrogen and oxygen atoms in total. The summed E-state index contributed by atoms with van der Waals surface area (Å²) in [4.78, 5) is 13.1. The van der Waals surface area contributed by atoms with Crippen LogP contribution in [0.3, 0.4) is 0 Å². The molecule has 0 unspecified atom stereocenters. The second-order valence-electron chi connectivity index (χ2n) is 10.9. The number of ether oxygens (including phenoxy) is 3. The number of hydrogen-bond donors (Lipinski definition) is 1. The quantitative estimate of drug-likeness (QED) is 0.176. The van der Waals surface area contributed by atoms with Crippen molar-refractivity contribution in [1.29, 1.82) is 0 Å². The van der Waals surface area contributed by atoms with E-state index in [1.165, 1.54) is 11.1 Å². The number of hydrogen-bond acceptors (Lipinski definition) is 6. The van der Waals surface area contributed by atoms with Crippen molar-refractivity contribution in [2.45, 2.75) is 46.3 Å². The van der Waals surface area contributed by atoms with Crippen LogP contribution < -0.4 is 19.5 Å². The summed E-state index contributed by atoms with van der Waals surface area (Å²) in [6.45, 7) is 8.91. The Labute approximate surface area is 252 Å². The Bertz CT molecular complexity index is 1700. The van der Waals surface area contributed by atoms with Gasteiger partial charge in [-0.1, -0.05) is 62.4 Å². The van der Waals surface area contributed by atoms with Crippen LogP contribution in [0.1, 0.15) is 58.2 Å². The van der Waals surface area contributed by atoms with Gasteiger partial charge in [0, 0.05) is 5.41 Å². The Balaban J connectivity index is 1.20. The number of aromatic nitrogens is 2. The number of nitrogens with one attached hydrogen (secondary N) is 1. The van der Waals surface area contributed by atoms with Crippen LogP contribution in [0.15, 0.2) is 89.3 Å². The van der Waals surface area contributed by atoms with Crippen LogP contribution in [-0.4, -0.2) is 29.9 Å². The van der Waals surface area contributed by atoms with Gasteiger partial charge in [-0.05, 0) is 66.9 Å². The van der Waals surface area contributed by atoms with E-state index in [2.05, 4.69) is 60.7 Å². The van der Waals surface area contributed by atoms with E-state index in [0.717, 1.165) is 17.0 Å². The van der Waals surface area contributed by atoms with E-state index in [4.69, 9.17) is 18.6 Å². The van der Waals surface area contributed by atoms with E-state index in [1.54, 1.807) is 26.4 Å². The standard InChI is InChI=1S/C35H37N3O5/c1-23-33(24(2)38(37-23)21-25-12-18-30(40-5)32(20-25)41-6)36-34(39)31-19-17-29(43-31)22-42-28-15-13-27(14-16-28)35(3,4)26-10-8-7-9-11-26/h7-20H,21-22H2,1-6H3,(H,36,39). The van der Waals surface area contributed by atoms with E-state index < -0.39 is 0 Å². The molecule has 0 aliphatic rings. The molecule has 0 aliphatic carbocycles. The number of furan rings is 1. The number of amides is 1. The lowest BCUT2D eigenvalue weighted by atomic mass is 9.78. The molecule has 1 amide bonds. The molecule has 0 atom stereocenters. The molecule has 0 aliphatic heterocycles. The van der Waals surface area contributed by atoms with Crippen molar-refractivity contribution in [3.63, 3.8) is 0 Å². The van der Waals surface area contributed by atoms with Gasteiger partial charge in [0.1, 0.15) is 18.1 Å². The topological polar surface area (TPSA) is 87.8 Å². The molecular formula is C35H37N3O5. The number of aryl methyl sites for hydroxylation is 1. The third-order valence-electron chi connectivity index (χ3n) is 7.74. The van der Waals surface area contributed by atoms with Gasteiger partial charge >= 0.3 is 0 Å². The van der Waals surface area contributed by atoms with Crippen molar-refractivity contribution in [2.24, 2.45) is 0 Å². The number of rotatable bonds is 11. The molecule has 0 spiro atoms. The smallest absolute Gasteiger partial charge is 0.291 e. The minimum atomic E-state index is -0.351. The Morgan fingerprint density at radius 1 is 0.884 bits per heavy atom. The van der Waals surface area contributed by atoms with Crippen molar-refractivity contribution < 1.29 is 23.4 Å². The maximum absolute atomic E-state index is 13.1. The lowest BCUT2D eigenvalue weighted by Gasteiger charge is -2.26. The van der Waals surface area contributed by atoms with Gasteiger partial charge in [-0.25, -0.2) is 0 Å². The van der Waals surface area contributed by atoms with Crippen LogP contribution in [0, 0.1) is 13.8 Å². The van der Waals surface area contributed by atoms with Crippen LogP contribution in [0.2, 0.25) is 0 Å². The molecule has 0 fully saturated rings. The average molecular weight is 580 g/mol. The third-order valence-corrected chi connectivity index (χ3v) is 7.74. The normalized spacial score (nSPS) is 11.3. The van der Waals surface area contributed by atoms with Crippen molar-refractivity contribution in [3.05, 3.63) is 125 Å². The third kappa shape index (κ3) is 6.43. The van der Waals surface area contributed by atoms with E-state index in [9.17, 15) is 4.79 Å². The van der Waals surface area contributed by atoms with Gasteiger partial charge in [0.25, 0.3) is 5.91 Å². The van der Waals surface area contributed by atoms with Gasteiger partial charge in [-0.2, -0.15) is 5.10 Å². The zero-order valence-corrected chi connectivity index (χ0v) is 25.4. The second kappa shape index (κ2) is 12.5. The molecule has 8 heteroatoms. The summed E-state index contributed by atoms with van der Waals surface area (Å²) >= 11 is 0. The Hall–Kier alpha value is -4.98. The van der Waals surface area contributed by atoms with Gasteiger partial charge in [-0.3, -0.25) is 9.48 Å². The molecule has 2 heterocycles. The summed E-state index contributed by atoms with van der Waals surface area (Å²) in [5.74, 6) is 2.44. The predicted octanol–water partition coefficient (Wildman–Crippen LogP) is 7.32. The van der Waals surface area contributed by atoms with Crippen LogP contribution >= 0.6 is 0 Å². The molecule has 3 aromatic carbocycles. The summed E-state index contributed by atoms with van der Waals surface area (Å²) in [5, 5.41) is 7.60. The number of anilines is 1. The molecule has 222 valence electrons. The van der Waals surface area contributed by atoms with Gasteiger partial charge in [-0.15, -0.1) is 0 Å². The summed E-state index contributed by atoms with van der Waals surface area (Å²) < 4.78 is 24.4. The van der Waals surface area contributed by atoms with Gasteiger partial charge in [0.2, 0.25) is 0 Å². The molecule has 43 heavy (non-hydrogen) atoms. The van der Waals surface area contributed by atoms with Gasteiger partial charge < -0.3 is 23.9 Å². The van der Waals surface area contributed by atoms with E-state index >= 15 is 0 Å². The molecule has 5 rings (SSSR count). The lowest BCUT2D eigenvalue weighted by molar-refractivity contribution is 0.0992. The molecule has 2 aromatic heterocycles. The minimum Gasteiger partial charge on any atom is -0.493 e. The fourth-order valence-corrected chi connectivity index (χ4v) is 5.08. The van der Waals surface area contributed by atoms with E-state index in [1.807, 2.05) is 54.9 Å². The highest BCUT2D eigenvalue weighted by Gasteiger charge is 2.23. The van der Waals surface area contributed by atoms with Crippen molar-refractivity contribution >= 4 is 11.6 Å². The van der Waals surface area contributed by atoms with E-state index in [0.29, 0.717) is 35.2 Å². The zero-order valence-electron chi connectivity index (χ0n) is 25.4. The van der Waals surface area contributed by atoms with Gasteiger partial charge in [0.15, 0.2) is 17.3 Å². The van der Waals surface area contributed by atoms with Crippen molar-refractivity contribution in [1.82, 2.24) is 9.78 Å². The van der Waals surface area contributed by atoms with E-state index in [-0.39, 0.29) is 23.7 Å². The SMILES string of the molecule is COc1ccc(Cn2nc(C)c(NC(=O)c3ccc(COc4ccc(C(C)(C)c5ccccc5)cc4)o3)c2C)cc1OC. The molecule has 0 radical (unpaired) electrons. The Kier molecular flexibility index (Phi) is 8.57. The first-order valence-corrected chi connectivity index (χ1v) is 14.1. The summed E-state index contributed by atoms with van der Waals surface area (Å²) in [6, 6.07) is 27.7. The summed E-state index contributed by atoms with van der Waals surface area (Å²) in [5.41, 5.74) is 5.50. The second-order valence-corrected chi connectivity index (χ2v) is 10.9. The first-order chi connectivity index (χ1) is 20.7. The van der Waals surface area contributed by atoms with Crippen LogP contribution in [0.25, 0.3) is 0 Å². The maximum Gasteiger partial charge on any atom is 0.291 e. The average Bonchev–Trinajstić information content (AvgIpc) is 3.61. The summed E-state index contributed by atoms with van der Waals surface area (Å²) in [6.07, 6.45) is 0. The Morgan fingerprint density at radius 2 is 1.58 bits per heavy atom. The number of carbonyl (C=O) groups excluding carboxylic acids is 1. The van der Waals surface area contributed by atoms with Crippen LogP contribution in [0.5, 0.6) is 17.2 Å². The molecule has 0 bridgehead atoms. The predicted molar refractivity (Wildman–Crippen MR) is 166 cm³/mol. The monoisotopic (exact) mass is 579 g/mol. The minimum absolute atomic E-state index is 0.125. The lowest BCUT2D eigenvalue weighted by Crippen LogP contribution is -2.18. The molecule has 5 aromatic rings. The first kappa shape index (κ1) is 29.5. The van der Waals surface area contributed by atoms with Crippen LogP contribution in [-0.2, 0) is 18.6 Å². The fraction of sp³-hybridized carbons (Fsp3) is 0.257. The highest BCUT2D eigenvalue weighted by molar-refractivity contribution is 6.02.